The monoisotopic (exact) mass is 266 g/mol. The van der Waals surface area contributed by atoms with Crippen LogP contribution in [0.2, 0.25) is 0 Å². The maximum atomic E-state index is 11.6. The van der Waals surface area contributed by atoms with E-state index in [9.17, 15) is 4.79 Å². The molecule has 106 valence electrons. The van der Waals surface area contributed by atoms with Crippen molar-refractivity contribution in [3.05, 3.63) is 18.0 Å². The first-order valence-corrected chi connectivity index (χ1v) is 6.70. The molecular weight excluding hydrogens is 244 g/mol. The number of likely N-dealkylation sites (N-methyl/N-ethyl adjacent to an activating group) is 1. The summed E-state index contributed by atoms with van der Waals surface area (Å²) in [6.07, 6.45) is 3.73. The van der Waals surface area contributed by atoms with E-state index in [2.05, 4.69) is 15.4 Å². The van der Waals surface area contributed by atoms with Gasteiger partial charge >= 0.3 is 0 Å². The van der Waals surface area contributed by atoms with E-state index in [1.807, 2.05) is 6.07 Å². The summed E-state index contributed by atoms with van der Waals surface area (Å²) in [5.74, 6) is 0.175. The molecule has 1 aliphatic rings. The van der Waals surface area contributed by atoms with Gasteiger partial charge in [-0.15, -0.1) is 0 Å². The standard InChI is InChI=1S/C13H22N4O2/c1-16(2)13(18)10-17-6-3-11(4-7-17)14-9-12-5-8-19-15-12/h5,8,11,14H,3-4,6-7,9-10H2,1-2H3. The van der Waals surface area contributed by atoms with Crippen molar-refractivity contribution < 1.29 is 9.32 Å². The Morgan fingerprint density at radius 1 is 1.53 bits per heavy atom. The Labute approximate surface area is 113 Å². The predicted molar refractivity (Wildman–Crippen MR) is 71.5 cm³/mol. The molecular formula is C13H22N4O2. The van der Waals surface area contributed by atoms with E-state index in [4.69, 9.17) is 4.52 Å². The molecule has 1 fully saturated rings. The summed E-state index contributed by atoms with van der Waals surface area (Å²) < 4.78 is 4.80. The number of hydrogen-bond acceptors (Lipinski definition) is 5. The molecule has 6 heteroatoms. The van der Waals surface area contributed by atoms with Gasteiger partial charge in [-0.05, 0) is 12.8 Å². The molecule has 1 aromatic heterocycles. The van der Waals surface area contributed by atoms with Gasteiger partial charge in [-0.25, -0.2) is 0 Å². The minimum absolute atomic E-state index is 0.175. The van der Waals surface area contributed by atoms with E-state index in [0.29, 0.717) is 12.6 Å². The van der Waals surface area contributed by atoms with Crippen molar-refractivity contribution in [2.75, 3.05) is 33.7 Å². The van der Waals surface area contributed by atoms with Crippen molar-refractivity contribution in [2.24, 2.45) is 0 Å². The largest absolute Gasteiger partial charge is 0.364 e. The Morgan fingerprint density at radius 3 is 2.84 bits per heavy atom. The number of hydrogen-bond donors (Lipinski definition) is 1. The van der Waals surface area contributed by atoms with Crippen molar-refractivity contribution in [3.63, 3.8) is 0 Å². The van der Waals surface area contributed by atoms with Crippen molar-refractivity contribution in [1.29, 1.82) is 0 Å². The topological polar surface area (TPSA) is 61.6 Å². The number of carbonyl (C=O) groups is 1. The van der Waals surface area contributed by atoms with Crippen LogP contribution in [0.1, 0.15) is 18.5 Å². The number of nitrogens with zero attached hydrogens (tertiary/aromatic N) is 3. The zero-order chi connectivity index (χ0) is 13.7. The number of aromatic nitrogens is 1. The summed E-state index contributed by atoms with van der Waals surface area (Å²) in [6.45, 7) is 3.22. The second-order valence-electron chi connectivity index (χ2n) is 5.21. The molecule has 0 radical (unpaired) electrons. The molecule has 2 heterocycles. The Hall–Kier alpha value is -1.40. The second-order valence-corrected chi connectivity index (χ2v) is 5.21. The van der Waals surface area contributed by atoms with Crippen LogP contribution in [0, 0.1) is 0 Å². The Balaban J connectivity index is 1.66. The lowest BCUT2D eigenvalue weighted by molar-refractivity contribution is -0.130. The summed E-state index contributed by atoms with van der Waals surface area (Å²) >= 11 is 0. The third-order valence-electron chi connectivity index (χ3n) is 3.51. The van der Waals surface area contributed by atoms with Gasteiger partial charge in [-0.2, -0.15) is 0 Å². The lowest BCUT2D eigenvalue weighted by Crippen LogP contribution is -2.45. The van der Waals surface area contributed by atoms with E-state index in [1.54, 1.807) is 25.3 Å². The zero-order valence-corrected chi connectivity index (χ0v) is 11.6. The maximum Gasteiger partial charge on any atom is 0.236 e. The van der Waals surface area contributed by atoms with Crippen LogP contribution in [0.25, 0.3) is 0 Å². The molecule has 0 bridgehead atoms. The van der Waals surface area contributed by atoms with Crippen LogP contribution in [-0.2, 0) is 11.3 Å². The highest BCUT2D eigenvalue weighted by Gasteiger charge is 2.21. The Kier molecular flexibility index (Phi) is 4.93. The summed E-state index contributed by atoms with van der Waals surface area (Å²) in [6, 6.07) is 2.38. The van der Waals surface area contributed by atoms with Crippen molar-refractivity contribution in [3.8, 4) is 0 Å². The SMILES string of the molecule is CN(C)C(=O)CN1CCC(NCc2ccon2)CC1. The van der Waals surface area contributed by atoms with E-state index in [0.717, 1.165) is 38.2 Å². The zero-order valence-electron chi connectivity index (χ0n) is 11.6. The highest BCUT2D eigenvalue weighted by atomic mass is 16.5. The molecule has 0 atom stereocenters. The molecule has 0 spiro atoms. The molecule has 0 aromatic carbocycles. The van der Waals surface area contributed by atoms with E-state index < -0.39 is 0 Å². The first-order valence-electron chi connectivity index (χ1n) is 6.70. The first-order chi connectivity index (χ1) is 9.15. The lowest BCUT2D eigenvalue weighted by atomic mass is 10.0. The normalized spacial score (nSPS) is 17.6. The van der Waals surface area contributed by atoms with Crippen molar-refractivity contribution >= 4 is 5.91 Å². The highest BCUT2D eigenvalue weighted by molar-refractivity contribution is 5.77. The number of carbonyl (C=O) groups excluding carboxylic acids is 1. The van der Waals surface area contributed by atoms with E-state index >= 15 is 0 Å². The summed E-state index contributed by atoms with van der Waals surface area (Å²) in [4.78, 5) is 15.5. The fourth-order valence-electron chi connectivity index (χ4n) is 2.21. The van der Waals surface area contributed by atoms with Gasteiger partial charge in [0.15, 0.2) is 0 Å². The maximum absolute atomic E-state index is 11.6. The average molecular weight is 266 g/mol. The van der Waals surface area contributed by atoms with Gasteiger partial charge in [-0.1, -0.05) is 5.16 Å². The van der Waals surface area contributed by atoms with Crippen LogP contribution in [0.4, 0.5) is 0 Å². The molecule has 2 rings (SSSR count). The van der Waals surface area contributed by atoms with Crippen LogP contribution in [0.3, 0.4) is 0 Å². The first kappa shape index (κ1) is 14.0. The van der Waals surface area contributed by atoms with Crippen LogP contribution < -0.4 is 5.32 Å². The fourth-order valence-corrected chi connectivity index (χ4v) is 2.21. The Bertz CT molecular complexity index is 383. The van der Waals surface area contributed by atoms with Gasteiger partial charge in [0.25, 0.3) is 0 Å². The minimum Gasteiger partial charge on any atom is -0.364 e. The summed E-state index contributed by atoms with van der Waals surface area (Å²) in [5, 5.41) is 7.35. The molecule has 1 saturated heterocycles. The third-order valence-corrected chi connectivity index (χ3v) is 3.51. The van der Waals surface area contributed by atoms with Gasteiger partial charge in [0.1, 0.15) is 6.26 Å². The average Bonchev–Trinajstić information content (AvgIpc) is 2.91. The predicted octanol–water partition coefficient (Wildman–Crippen LogP) is 0.317. The number of piperidine rings is 1. The van der Waals surface area contributed by atoms with E-state index in [-0.39, 0.29) is 5.91 Å². The van der Waals surface area contributed by atoms with Crippen molar-refractivity contribution in [1.82, 2.24) is 20.3 Å². The minimum atomic E-state index is 0.175. The van der Waals surface area contributed by atoms with Crippen LogP contribution in [0.15, 0.2) is 16.9 Å². The van der Waals surface area contributed by atoms with Gasteiger partial charge in [0.05, 0.1) is 12.2 Å². The van der Waals surface area contributed by atoms with Gasteiger partial charge in [-0.3, -0.25) is 9.69 Å². The second kappa shape index (κ2) is 6.68. The summed E-state index contributed by atoms with van der Waals surface area (Å²) in [7, 11) is 3.60. The number of rotatable bonds is 5. The molecule has 1 N–H and O–H groups in total. The number of likely N-dealkylation sites (tertiary alicyclic amines) is 1. The molecule has 1 aliphatic heterocycles. The Morgan fingerprint density at radius 2 is 2.26 bits per heavy atom. The van der Waals surface area contributed by atoms with Crippen LogP contribution in [-0.4, -0.2) is 60.6 Å². The smallest absolute Gasteiger partial charge is 0.236 e. The van der Waals surface area contributed by atoms with Gasteiger partial charge in [0.2, 0.25) is 5.91 Å². The number of nitrogens with one attached hydrogen (secondary N) is 1. The fraction of sp³-hybridized carbons (Fsp3) is 0.692. The lowest BCUT2D eigenvalue weighted by Gasteiger charge is -2.32. The molecule has 1 aromatic rings. The van der Waals surface area contributed by atoms with E-state index in [1.165, 1.54) is 0 Å². The van der Waals surface area contributed by atoms with Crippen LogP contribution in [0.5, 0.6) is 0 Å². The molecule has 0 saturated carbocycles. The van der Waals surface area contributed by atoms with Gasteiger partial charge in [0, 0.05) is 45.8 Å². The van der Waals surface area contributed by atoms with Gasteiger partial charge < -0.3 is 14.7 Å². The number of amides is 1. The summed E-state index contributed by atoms with van der Waals surface area (Å²) in [5.41, 5.74) is 0.935. The molecule has 0 unspecified atom stereocenters. The van der Waals surface area contributed by atoms with Crippen LogP contribution >= 0.6 is 0 Å². The highest BCUT2D eigenvalue weighted by Crippen LogP contribution is 2.11. The molecule has 19 heavy (non-hydrogen) atoms. The molecule has 1 amide bonds. The third kappa shape index (κ3) is 4.33. The van der Waals surface area contributed by atoms with Crippen molar-refractivity contribution in [2.45, 2.75) is 25.4 Å². The molecule has 0 aliphatic carbocycles. The quantitative estimate of drug-likeness (QED) is 0.831. The molecule has 6 nitrogen and oxygen atoms in total.